The molecule has 0 bridgehead atoms. The highest BCUT2D eigenvalue weighted by atomic mass is 16.5. The van der Waals surface area contributed by atoms with Gasteiger partial charge in [-0.25, -0.2) is 0 Å². The third kappa shape index (κ3) is 6.75. The minimum atomic E-state index is -0.459. The molecule has 0 spiro atoms. The van der Waals surface area contributed by atoms with Crippen LogP contribution in [0.5, 0.6) is 0 Å². The third-order valence-electron chi connectivity index (χ3n) is 16.4. The molecule has 0 aliphatic heterocycles. The molecule has 0 radical (unpaired) electrons. The van der Waals surface area contributed by atoms with Crippen LogP contribution in [-0.2, 0) is 9.53 Å². The molecule has 9 atom stereocenters. The minimum Gasteiger partial charge on any atom is -0.462 e. The summed E-state index contributed by atoms with van der Waals surface area (Å²) in [5.41, 5.74) is 1.56. The van der Waals surface area contributed by atoms with Crippen LogP contribution in [0.1, 0.15) is 190 Å². The second kappa shape index (κ2) is 14.6. The van der Waals surface area contributed by atoms with Crippen molar-refractivity contribution in [2.75, 3.05) is 6.61 Å². The number of rotatable bonds is 14. The van der Waals surface area contributed by atoms with Gasteiger partial charge in [-0.2, -0.15) is 0 Å². The van der Waals surface area contributed by atoms with Crippen molar-refractivity contribution in [3.8, 4) is 0 Å². The molecule has 0 saturated heterocycles. The number of unbranched alkanes of at least 4 members (excludes halogenated alkanes) is 10. The van der Waals surface area contributed by atoms with Crippen LogP contribution in [0.4, 0.5) is 0 Å². The van der Waals surface area contributed by atoms with Gasteiger partial charge in [0, 0.05) is 17.3 Å². The van der Waals surface area contributed by atoms with Crippen molar-refractivity contribution < 1.29 is 19.7 Å². The van der Waals surface area contributed by atoms with E-state index in [1.54, 1.807) is 5.57 Å². The fraction of sp³-hybridized carbons (Fsp3) is 0.932. The monoisotopic (exact) mass is 669 g/mol. The SMILES string of the molecule is CCCCCCCCCCCCCC(=O)O[C@H]1CC[C@]2(C)[C@H]3CC=C4[C@@H]5CC(C)(C)CC[C@]5(CO)[C@@H](O)C[C@@]4(C)[C@]3(C)CC[C@H]2C1(C)C. The van der Waals surface area contributed by atoms with E-state index in [1.165, 1.54) is 57.8 Å². The summed E-state index contributed by atoms with van der Waals surface area (Å²) in [6, 6.07) is 0. The maximum atomic E-state index is 13.1. The van der Waals surface area contributed by atoms with Crippen molar-refractivity contribution in [3.63, 3.8) is 0 Å². The smallest absolute Gasteiger partial charge is 0.306 e. The predicted molar refractivity (Wildman–Crippen MR) is 198 cm³/mol. The molecule has 2 N–H and O–H groups in total. The summed E-state index contributed by atoms with van der Waals surface area (Å²) in [6.07, 6.45) is 26.2. The number of aliphatic hydroxyl groups excluding tert-OH is 2. The maximum absolute atomic E-state index is 13.1. The molecule has 276 valence electrons. The minimum absolute atomic E-state index is 0.00318. The van der Waals surface area contributed by atoms with E-state index in [-0.39, 0.29) is 57.1 Å². The van der Waals surface area contributed by atoms with Crippen molar-refractivity contribution >= 4 is 5.97 Å². The average Bonchev–Trinajstić information content (AvgIpc) is 3.01. The first-order valence-electron chi connectivity index (χ1n) is 20.8. The molecule has 4 fully saturated rings. The fourth-order valence-electron chi connectivity index (χ4n) is 13.1. The number of aliphatic hydroxyl groups is 2. The molecule has 5 rings (SSSR count). The van der Waals surface area contributed by atoms with E-state index < -0.39 is 6.10 Å². The Balaban J connectivity index is 1.21. The van der Waals surface area contributed by atoms with Crippen LogP contribution < -0.4 is 0 Å². The Hall–Kier alpha value is -0.870. The topological polar surface area (TPSA) is 66.8 Å². The third-order valence-corrected chi connectivity index (χ3v) is 16.4. The largest absolute Gasteiger partial charge is 0.462 e. The van der Waals surface area contributed by atoms with Gasteiger partial charge in [0.2, 0.25) is 0 Å². The number of ether oxygens (including phenoxy) is 1. The first-order valence-corrected chi connectivity index (χ1v) is 20.8. The Kier molecular flexibility index (Phi) is 11.7. The summed E-state index contributed by atoms with van der Waals surface area (Å²) in [6.45, 7) is 19.6. The molecule has 0 amide bonds. The van der Waals surface area contributed by atoms with Crippen molar-refractivity contribution in [2.45, 2.75) is 202 Å². The summed E-state index contributed by atoms with van der Waals surface area (Å²) in [7, 11) is 0. The molecule has 4 nitrogen and oxygen atoms in total. The van der Waals surface area contributed by atoms with Crippen molar-refractivity contribution in [2.24, 2.45) is 50.2 Å². The zero-order valence-corrected chi connectivity index (χ0v) is 32.7. The quantitative estimate of drug-likeness (QED) is 0.110. The van der Waals surface area contributed by atoms with Crippen LogP contribution in [-0.4, -0.2) is 35.0 Å². The second-order valence-electron chi connectivity index (χ2n) is 20.0. The fourth-order valence-corrected chi connectivity index (χ4v) is 13.1. The number of fused-ring (bicyclic) bond motifs is 7. The molecule has 0 aromatic carbocycles. The van der Waals surface area contributed by atoms with Gasteiger partial charge in [-0.3, -0.25) is 4.79 Å². The Labute approximate surface area is 296 Å². The molecule has 5 aliphatic carbocycles. The van der Waals surface area contributed by atoms with Gasteiger partial charge in [-0.05, 0) is 104 Å². The Bertz CT molecular complexity index is 1140. The lowest BCUT2D eigenvalue weighted by atomic mass is 9.33. The van der Waals surface area contributed by atoms with E-state index in [4.69, 9.17) is 4.74 Å². The summed E-state index contributed by atoms with van der Waals surface area (Å²) >= 11 is 0. The predicted octanol–water partition coefficient (Wildman–Crippen LogP) is 11.4. The number of carbonyl (C=O) groups excluding carboxylic acids is 1. The average molecular weight is 669 g/mol. The van der Waals surface area contributed by atoms with Gasteiger partial charge < -0.3 is 14.9 Å². The number of esters is 1. The van der Waals surface area contributed by atoms with Crippen LogP contribution in [0.15, 0.2) is 11.6 Å². The lowest BCUT2D eigenvalue weighted by Gasteiger charge is -2.72. The second-order valence-corrected chi connectivity index (χ2v) is 20.0. The van der Waals surface area contributed by atoms with Gasteiger partial charge in [0.05, 0.1) is 12.7 Å². The molecular weight excluding hydrogens is 592 g/mol. The lowest BCUT2D eigenvalue weighted by molar-refractivity contribution is -0.223. The summed E-state index contributed by atoms with van der Waals surface area (Å²) < 4.78 is 6.37. The summed E-state index contributed by atoms with van der Waals surface area (Å²) in [5.74, 6) is 1.32. The molecular formula is C44H76O4. The van der Waals surface area contributed by atoms with E-state index in [1.807, 2.05) is 0 Å². The van der Waals surface area contributed by atoms with E-state index >= 15 is 0 Å². The zero-order chi connectivity index (χ0) is 35.0. The normalized spacial score (nSPS) is 41.3. The Morgan fingerprint density at radius 3 is 2.04 bits per heavy atom. The summed E-state index contributed by atoms with van der Waals surface area (Å²) in [5, 5.41) is 22.8. The molecule has 48 heavy (non-hydrogen) atoms. The van der Waals surface area contributed by atoms with Crippen LogP contribution in [0.25, 0.3) is 0 Å². The van der Waals surface area contributed by atoms with E-state index in [2.05, 4.69) is 61.5 Å². The van der Waals surface area contributed by atoms with Crippen molar-refractivity contribution in [1.82, 2.24) is 0 Å². The van der Waals surface area contributed by atoms with Crippen LogP contribution >= 0.6 is 0 Å². The van der Waals surface area contributed by atoms with Gasteiger partial charge >= 0.3 is 5.97 Å². The maximum Gasteiger partial charge on any atom is 0.306 e. The van der Waals surface area contributed by atoms with Gasteiger partial charge in [-0.1, -0.05) is 131 Å². The zero-order valence-electron chi connectivity index (χ0n) is 32.7. The number of hydrogen-bond donors (Lipinski definition) is 2. The van der Waals surface area contributed by atoms with Crippen LogP contribution in [0.2, 0.25) is 0 Å². The molecule has 0 aromatic heterocycles. The highest BCUT2D eigenvalue weighted by Crippen LogP contribution is 2.75. The number of hydrogen-bond acceptors (Lipinski definition) is 4. The first-order chi connectivity index (χ1) is 22.6. The highest BCUT2D eigenvalue weighted by molar-refractivity contribution is 5.69. The van der Waals surface area contributed by atoms with Gasteiger partial charge in [0.1, 0.15) is 6.10 Å². The van der Waals surface area contributed by atoms with Crippen LogP contribution in [0, 0.1) is 50.2 Å². The standard InChI is InChI=1S/C44H76O4/c1-9-10-11-12-13-14-15-16-17-18-19-20-38(47)48-37-24-25-41(6)34(40(37,4)5)23-26-42(7)35(41)22-21-32-33-29-39(2,3)27-28-44(33,31-45)36(46)30-43(32,42)8/h21,33-37,45-46H,9-20,22-31H2,1-8H3/t33-,34-,35+,36-,37-,41-,42+,43+,44+/m0/s1. The molecule has 5 aliphatic rings. The van der Waals surface area contributed by atoms with Crippen LogP contribution in [0.3, 0.4) is 0 Å². The van der Waals surface area contributed by atoms with Gasteiger partial charge in [0.25, 0.3) is 0 Å². The highest BCUT2D eigenvalue weighted by Gasteiger charge is 2.70. The first kappa shape index (κ1) is 38.4. The molecule has 4 heteroatoms. The van der Waals surface area contributed by atoms with Crippen molar-refractivity contribution in [1.29, 1.82) is 0 Å². The Morgan fingerprint density at radius 2 is 1.42 bits per heavy atom. The van der Waals surface area contributed by atoms with E-state index in [0.29, 0.717) is 18.3 Å². The van der Waals surface area contributed by atoms with E-state index in [9.17, 15) is 15.0 Å². The van der Waals surface area contributed by atoms with Gasteiger partial charge in [-0.15, -0.1) is 0 Å². The summed E-state index contributed by atoms with van der Waals surface area (Å²) in [4.78, 5) is 13.1. The Morgan fingerprint density at radius 1 is 0.792 bits per heavy atom. The number of allylic oxidation sites excluding steroid dienone is 2. The number of carbonyl (C=O) groups is 1. The van der Waals surface area contributed by atoms with Crippen molar-refractivity contribution in [3.05, 3.63) is 11.6 Å². The molecule has 0 unspecified atom stereocenters. The molecule has 0 aromatic rings. The lowest BCUT2D eigenvalue weighted by Crippen LogP contribution is -2.67. The molecule has 4 saturated carbocycles. The van der Waals surface area contributed by atoms with Gasteiger partial charge in [0.15, 0.2) is 0 Å². The molecule has 0 heterocycles. The van der Waals surface area contributed by atoms with E-state index in [0.717, 1.165) is 70.6 Å².